The Morgan fingerprint density at radius 3 is 2.28 bits per heavy atom. The molecule has 4 nitrogen and oxygen atoms in total. The number of nitrogens with zero attached hydrogens (tertiary/aromatic N) is 2. The molecule has 0 radical (unpaired) electrons. The number of ether oxygens (including phenoxy) is 1. The molecule has 1 N–H and O–H groups in total. The lowest BCUT2D eigenvalue weighted by molar-refractivity contribution is -0.142. The van der Waals surface area contributed by atoms with E-state index in [2.05, 4.69) is 18.8 Å². The number of fused-ring (bicyclic) bond motifs is 4. The van der Waals surface area contributed by atoms with Crippen LogP contribution in [0.5, 0.6) is 0 Å². The van der Waals surface area contributed by atoms with E-state index in [1.54, 1.807) is 0 Å². The monoisotopic (exact) mass is 510 g/mol. The van der Waals surface area contributed by atoms with Gasteiger partial charge in [-0.25, -0.2) is 8.78 Å². The first-order valence-corrected chi connectivity index (χ1v) is 12.5. The van der Waals surface area contributed by atoms with Crippen molar-refractivity contribution in [2.45, 2.75) is 102 Å². The van der Waals surface area contributed by atoms with E-state index in [1.807, 2.05) is 13.8 Å². The standard InChI is InChI=1S/C27H31F5N2O2/c1-14(2)22-20-21(19-17(34-22)11-24(3,4)12-18(19)35)25(7-9-26(28,29)10-8-25)36-23(20)16-6-5-15(13-33-16)27(30,31)32/h5-6,13-14,18,23,35H,7-12H2,1-4H3/t18-,23+/m0/s1. The molecule has 0 aromatic carbocycles. The van der Waals surface area contributed by atoms with Crippen molar-refractivity contribution in [2.75, 3.05) is 0 Å². The first-order chi connectivity index (χ1) is 16.6. The van der Waals surface area contributed by atoms with Gasteiger partial charge in [-0.05, 0) is 54.7 Å². The Labute approximate surface area is 207 Å². The van der Waals surface area contributed by atoms with Crippen molar-refractivity contribution in [2.24, 2.45) is 5.41 Å². The molecule has 196 valence electrons. The summed E-state index contributed by atoms with van der Waals surface area (Å²) in [5.41, 5.74) is 1.62. The van der Waals surface area contributed by atoms with E-state index in [9.17, 15) is 27.1 Å². The summed E-state index contributed by atoms with van der Waals surface area (Å²) in [6, 6.07) is 2.25. The van der Waals surface area contributed by atoms with Crippen molar-refractivity contribution in [1.82, 2.24) is 9.97 Å². The van der Waals surface area contributed by atoms with E-state index in [0.29, 0.717) is 29.5 Å². The average molecular weight is 511 g/mol. The molecule has 0 bridgehead atoms. The maximum absolute atomic E-state index is 14.3. The van der Waals surface area contributed by atoms with Crippen molar-refractivity contribution >= 4 is 0 Å². The van der Waals surface area contributed by atoms with Crippen LogP contribution in [0.3, 0.4) is 0 Å². The van der Waals surface area contributed by atoms with Gasteiger partial charge < -0.3 is 9.84 Å². The van der Waals surface area contributed by atoms with Gasteiger partial charge in [-0.15, -0.1) is 0 Å². The summed E-state index contributed by atoms with van der Waals surface area (Å²) in [4.78, 5) is 9.08. The lowest BCUT2D eigenvalue weighted by atomic mass is 9.68. The minimum absolute atomic E-state index is 0.0498. The molecule has 36 heavy (non-hydrogen) atoms. The van der Waals surface area contributed by atoms with E-state index in [-0.39, 0.29) is 42.7 Å². The number of alkyl halides is 5. The summed E-state index contributed by atoms with van der Waals surface area (Å²) in [5.74, 6) is -2.87. The number of aromatic nitrogens is 2. The van der Waals surface area contributed by atoms with Gasteiger partial charge in [0.25, 0.3) is 0 Å². The molecule has 3 heterocycles. The lowest BCUT2D eigenvalue weighted by Gasteiger charge is -2.41. The molecule has 2 aliphatic carbocycles. The summed E-state index contributed by atoms with van der Waals surface area (Å²) in [6.45, 7) is 8.06. The highest BCUT2D eigenvalue weighted by Crippen LogP contribution is 2.60. The second-order valence-electron chi connectivity index (χ2n) is 11.7. The van der Waals surface area contributed by atoms with Gasteiger partial charge in [0.15, 0.2) is 0 Å². The predicted molar refractivity (Wildman–Crippen MR) is 123 cm³/mol. The Balaban J connectivity index is 1.73. The lowest BCUT2D eigenvalue weighted by Crippen LogP contribution is -2.38. The van der Waals surface area contributed by atoms with Crippen LogP contribution in [-0.4, -0.2) is 21.0 Å². The topological polar surface area (TPSA) is 55.2 Å². The number of aliphatic hydroxyl groups excluding tert-OH is 1. The second-order valence-corrected chi connectivity index (χ2v) is 11.7. The first-order valence-electron chi connectivity index (χ1n) is 12.5. The Morgan fingerprint density at radius 2 is 1.72 bits per heavy atom. The van der Waals surface area contributed by atoms with Gasteiger partial charge in [0.2, 0.25) is 5.92 Å². The Hall–Kier alpha value is -2.13. The highest BCUT2D eigenvalue weighted by molar-refractivity contribution is 5.53. The van der Waals surface area contributed by atoms with Gasteiger partial charge in [0.1, 0.15) is 6.10 Å². The summed E-state index contributed by atoms with van der Waals surface area (Å²) >= 11 is 0. The number of hydrogen-bond donors (Lipinski definition) is 1. The van der Waals surface area contributed by atoms with Crippen molar-refractivity contribution in [3.05, 3.63) is 57.7 Å². The van der Waals surface area contributed by atoms with Crippen LogP contribution < -0.4 is 0 Å². The Bertz CT molecular complexity index is 1160. The number of hydrogen-bond acceptors (Lipinski definition) is 4. The minimum Gasteiger partial charge on any atom is -0.388 e. The fraction of sp³-hybridized carbons (Fsp3) is 0.630. The highest BCUT2D eigenvalue weighted by Gasteiger charge is 2.55. The largest absolute Gasteiger partial charge is 0.417 e. The molecule has 9 heteroatoms. The van der Waals surface area contributed by atoms with Gasteiger partial charge >= 0.3 is 6.18 Å². The fourth-order valence-corrected chi connectivity index (χ4v) is 6.19. The number of aliphatic hydroxyl groups is 1. The molecule has 3 aliphatic rings. The molecular formula is C27H31F5N2O2. The van der Waals surface area contributed by atoms with Crippen molar-refractivity contribution in [1.29, 1.82) is 0 Å². The molecule has 0 unspecified atom stereocenters. The molecular weight excluding hydrogens is 479 g/mol. The molecule has 1 spiro atoms. The summed E-state index contributed by atoms with van der Waals surface area (Å²) in [7, 11) is 0. The van der Waals surface area contributed by atoms with Crippen LogP contribution in [0.4, 0.5) is 22.0 Å². The quantitative estimate of drug-likeness (QED) is 0.436. The van der Waals surface area contributed by atoms with E-state index < -0.39 is 35.5 Å². The van der Waals surface area contributed by atoms with Crippen LogP contribution in [0, 0.1) is 5.41 Å². The van der Waals surface area contributed by atoms with Crippen LogP contribution in [0.15, 0.2) is 18.3 Å². The zero-order valence-electron chi connectivity index (χ0n) is 20.8. The van der Waals surface area contributed by atoms with Gasteiger partial charge in [0, 0.05) is 41.6 Å². The normalized spacial score (nSPS) is 26.2. The number of rotatable bonds is 2. The maximum Gasteiger partial charge on any atom is 0.417 e. The third-order valence-corrected chi connectivity index (χ3v) is 7.89. The summed E-state index contributed by atoms with van der Waals surface area (Å²) in [5, 5.41) is 11.3. The van der Waals surface area contributed by atoms with E-state index >= 15 is 0 Å². The molecule has 1 aliphatic heterocycles. The number of pyridine rings is 2. The molecule has 1 fully saturated rings. The first kappa shape index (κ1) is 25.5. The third-order valence-electron chi connectivity index (χ3n) is 7.89. The summed E-state index contributed by atoms with van der Waals surface area (Å²) < 4.78 is 74.7. The highest BCUT2D eigenvalue weighted by atomic mass is 19.4. The zero-order chi connectivity index (χ0) is 26.3. The smallest absolute Gasteiger partial charge is 0.388 e. The van der Waals surface area contributed by atoms with Crippen molar-refractivity contribution in [3.63, 3.8) is 0 Å². The minimum atomic E-state index is -4.53. The molecule has 0 saturated heterocycles. The van der Waals surface area contributed by atoms with Crippen LogP contribution in [0.1, 0.15) is 117 Å². The predicted octanol–water partition coefficient (Wildman–Crippen LogP) is 7.15. The zero-order valence-corrected chi connectivity index (χ0v) is 20.8. The van der Waals surface area contributed by atoms with Crippen molar-refractivity contribution in [3.8, 4) is 0 Å². The van der Waals surface area contributed by atoms with Gasteiger partial charge in [0.05, 0.1) is 23.0 Å². The molecule has 2 aromatic heterocycles. The van der Waals surface area contributed by atoms with Crippen LogP contribution >= 0.6 is 0 Å². The maximum atomic E-state index is 14.3. The third kappa shape index (κ3) is 4.22. The second kappa shape index (κ2) is 8.18. The van der Waals surface area contributed by atoms with Crippen LogP contribution in [0.2, 0.25) is 0 Å². The van der Waals surface area contributed by atoms with Crippen LogP contribution in [0.25, 0.3) is 0 Å². The Kier molecular flexibility index (Phi) is 5.80. The Morgan fingerprint density at radius 1 is 1.06 bits per heavy atom. The van der Waals surface area contributed by atoms with Crippen molar-refractivity contribution < 1.29 is 31.8 Å². The average Bonchev–Trinajstić information content (AvgIpc) is 3.09. The molecule has 5 rings (SSSR count). The van der Waals surface area contributed by atoms with Gasteiger partial charge in [-0.1, -0.05) is 27.7 Å². The van der Waals surface area contributed by atoms with E-state index in [4.69, 9.17) is 9.72 Å². The van der Waals surface area contributed by atoms with E-state index in [0.717, 1.165) is 23.7 Å². The molecule has 1 saturated carbocycles. The number of halogens is 5. The SMILES string of the molecule is CC(C)c1nc2c(c3c1[C@@H](c1ccc(C(F)(F)F)cn1)OC31CCC(F)(F)CC1)[C@@H](O)CC(C)(C)C2. The van der Waals surface area contributed by atoms with Gasteiger partial charge in [-0.2, -0.15) is 13.2 Å². The van der Waals surface area contributed by atoms with E-state index in [1.165, 1.54) is 6.07 Å². The van der Waals surface area contributed by atoms with Gasteiger partial charge in [-0.3, -0.25) is 9.97 Å². The summed E-state index contributed by atoms with van der Waals surface area (Å²) in [6.07, 6.45) is -4.97. The fourth-order valence-electron chi connectivity index (χ4n) is 6.19. The molecule has 0 amide bonds. The molecule has 2 atom stereocenters. The van der Waals surface area contributed by atoms with Crippen LogP contribution in [-0.2, 0) is 22.9 Å². The molecule has 2 aromatic rings.